The van der Waals surface area contributed by atoms with E-state index in [4.69, 9.17) is 10.7 Å². The number of aromatic nitrogens is 2. The van der Waals surface area contributed by atoms with Gasteiger partial charge in [-0.15, -0.1) is 0 Å². The van der Waals surface area contributed by atoms with Crippen molar-refractivity contribution in [3.63, 3.8) is 0 Å². The molecule has 0 aliphatic rings. The van der Waals surface area contributed by atoms with Crippen molar-refractivity contribution in [1.29, 1.82) is 0 Å². The van der Waals surface area contributed by atoms with Gasteiger partial charge in [-0.3, -0.25) is 9.48 Å². The molecular formula is C8H12ClN3O3S. The van der Waals surface area contributed by atoms with Crippen molar-refractivity contribution in [2.45, 2.75) is 24.8 Å². The Morgan fingerprint density at radius 1 is 1.62 bits per heavy atom. The number of aryl methyl sites for hydroxylation is 1. The number of hydrogen-bond acceptors (Lipinski definition) is 4. The highest BCUT2D eigenvalue weighted by molar-refractivity contribution is 8.13. The van der Waals surface area contributed by atoms with E-state index < -0.39 is 9.05 Å². The molecule has 0 fully saturated rings. The maximum atomic E-state index is 11.1. The monoisotopic (exact) mass is 265 g/mol. The van der Waals surface area contributed by atoms with E-state index in [0.29, 0.717) is 13.1 Å². The molecule has 0 bridgehead atoms. The standard InChI is InChI=1S/C8H12ClN3O3S/c1-2-10-8(13)3-4-12-6-7(5-11-12)16(9,14)15/h5-6H,2-4H2,1H3,(H,10,13). The Labute approximate surface area is 98.0 Å². The summed E-state index contributed by atoms with van der Waals surface area (Å²) in [6.45, 7) is 2.71. The van der Waals surface area contributed by atoms with Crippen LogP contribution in [0.25, 0.3) is 0 Å². The van der Waals surface area contributed by atoms with Crippen LogP contribution in [0.3, 0.4) is 0 Å². The maximum Gasteiger partial charge on any atom is 0.264 e. The van der Waals surface area contributed by atoms with E-state index in [1.54, 1.807) is 0 Å². The Hall–Kier alpha value is -1.08. The molecule has 16 heavy (non-hydrogen) atoms. The Morgan fingerprint density at radius 3 is 2.81 bits per heavy atom. The molecule has 6 nitrogen and oxygen atoms in total. The van der Waals surface area contributed by atoms with E-state index >= 15 is 0 Å². The van der Waals surface area contributed by atoms with Crippen molar-refractivity contribution in [3.8, 4) is 0 Å². The molecule has 90 valence electrons. The van der Waals surface area contributed by atoms with Crippen LogP contribution in [-0.4, -0.2) is 30.7 Å². The number of rotatable bonds is 5. The molecule has 0 saturated carbocycles. The number of amides is 1. The largest absolute Gasteiger partial charge is 0.356 e. The van der Waals surface area contributed by atoms with E-state index in [1.165, 1.54) is 10.9 Å². The van der Waals surface area contributed by atoms with Gasteiger partial charge in [-0.05, 0) is 6.92 Å². The van der Waals surface area contributed by atoms with E-state index in [1.807, 2.05) is 6.92 Å². The molecule has 8 heteroatoms. The first-order valence-corrected chi connectivity index (χ1v) is 6.98. The van der Waals surface area contributed by atoms with Crippen LogP contribution in [0, 0.1) is 0 Å². The smallest absolute Gasteiger partial charge is 0.264 e. The Bertz CT molecular complexity index is 469. The minimum atomic E-state index is -3.74. The highest BCUT2D eigenvalue weighted by Gasteiger charge is 2.12. The summed E-state index contributed by atoms with van der Waals surface area (Å²) < 4.78 is 23.2. The fourth-order valence-electron chi connectivity index (χ4n) is 1.09. The number of halogens is 1. The first-order valence-electron chi connectivity index (χ1n) is 4.67. The summed E-state index contributed by atoms with van der Waals surface area (Å²) in [5.41, 5.74) is 0. The van der Waals surface area contributed by atoms with Crippen molar-refractivity contribution in [3.05, 3.63) is 12.4 Å². The molecule has 0 unspecified atom stereocenters. The number of nitrogens with zero attached hydrogens (tertiary/aromatic N) is 2. The van der Waals surface area contributed by atoms with Crippen LogP contribution in [0.5, 0.6) is 0 Å². The van der Waals surface area contributed by atoms with Crippen LogP contribution < -0.4 is 5.32 Å². The number of hydrogen-bond donors (Lipinski definition) is 1. The van der Waals surface area contributed by atoms with Gasteiger partial charge in [-0.2, -0.15) is 5.10 Å². The second kappa shape index (κ2) is 5.31. The molecule has 0 atom stereocenters. The van der Waals surface area contributed by atoms with Gasteiger partial charge in [0.25, 0.3) is 9.05 Å². The van der Waals surface area contributed by atoms with Crippen LogP contribution in [0.15, 0.2) is 17.3 Å². The summed E-state index contributed by atoms with van der Waals surface area (Å²) in [5.74, 6) is -0.103. The van der Waals surface area contributed by atoms with Crippen molar-refractivity contribution in [2.24, 2.45) is 0 Å². The van der Waals surface area contributed by atoms with Gasteiger partial charge >= 0.3 is 0 Å². The number of carbonyl (C=O) groups is 1. The van der Waals surface area contributed by atoms with Gasteiger partial charge in [-0.1, -0.05) is 0 Å². The third kappa shape index (κ3) is 3.82. The average Bonchev–Trinajstić information content (AvgIpc) is 2.63. The second-order valence-electron chi connectivity index (χ2n) is 3.08. The molecular weight excluding hydrogens is 254 g/mol. The van der Waals surface area contributed by atoms with Gasteiger partial charge in [0.15, 0.2) is 0 Å². The van der Waals surface area contributed by atoms with Crippen LogP contribution >= 0.6 is 10.7 Å². The van der Waals surface area contributed by atoms with Crippen molar-refractivity contribution < 1.29 is 13.2 Å². The zero-order valence-electron chi connectivity index (χ0n) is 8.68. The van der Waals surface area contributed by atoms with Crippen LogP contribution in [0.2, 0.25) is 0 Å². The van der Waals surface area contributed by atoms with Crippen molar-refractivity contribution in [2.75, 3.05) is 6.54 Å². The van der Waals surface area contributed by atoms with E-state index in [9.17, 15) is 13.2 Å². The van der Waals surface area contributed by atoms with Crippen LogP contribution in [-0.2, 0) is 20.4 Å². The van der Waals surface area contributed by atoms with Crippen LogP contribution in [0.1, 0.15) is 13.3 Å². The molecule has 1 heterocycles. The molecule has 0 saturated heterocycles. The minimum Gasteiger partial charge on any atom is -0.356 e. The minimum absolute atomic E-state index is 0.0648. The summed E-state index contributed by atoms with van der Waals surface area (Å²) in [6, 6.07) is 0. The first-order chi connectivity index (χ1) is 7.43. The fraction of sp³-hybridized carbons (Fsp3) is 0.500. The van der Waals surface area contributed by atoms with Crippen molar-refractivity contribution in [1.82, 2.24) is 15.1 Å². The molecule has 1 N–H and O–H groups in total. The first kappa shape index (κ1) is 13.0. The zero-order valence-corrected chi connectivity index (χ0v) is 10.3. The topological polar surface area (TPSA) is 81.1 Å². The fourth-order valence-corrected chi connectivity index (χ4v) is 1.75. The molecule has 0 aliphatic carbocycles. The molecule has 1 rings (SSSR count). The average molecular weight is 266 g/mol. The quantitative estimate of drug-likeness (QED) is 0.779. The molecule has 1 aromatic heterocycles. The normalized spacial score (nSPS) is 11.4. The second-order valence-corrected chi connectivity index (χ2v) is 5.65. The lowest BCUT2D eigenvalue weighted by Crippen LogP contribution is -2.23. The third-order valence-corrected chi connectivity index (χ3v) is 3.14. The van der Waals surface area contributed by atoms with Gasteiger partial charge in [0, 0.05) is 36.4 Å². The van der Waals surface area contributed by atoms with Gasteiger partial charge in [0.05, 0.1) is 6.20 Å². The van der Waals surface area contributed by atoms with E-state index in [-0.39, 0.29) is 17.2 Å². The Balaban J connectivity index is 2.57. The summed E-state index contributed by atoms with van der Waals surface area (Å²) >= 11 is 0. The molecule has 1 aromatic rings. The van der Waals surface area contributed by atoms with Gasteiger partial charge in [-0.25, -0.2) is 8.42 Å². The number of carbonyl (C=O) groups excluding carboxylic acids is 1. The Morgan fingerprint density at radius 2 is 2.31 bits per heavy atom. The molecule has 0 aliphatic heterocycles. The molecule has 0 radical (unpaired) electrons. The molecule has 1 amide bonds. The summed E-state index contributed by atoms with van der Waals surface area (Å²) in [5, 5.41) is 6.42. The predicted molar refractivity (Wildman–Crippen MR) is 58.6 cm³/mol. The summed E-state index contributed by atoms with van der Waals surface area (Å²) in [6.07, 6.45) is 2.69. The van der Waals surface area contributed by atoms with E-state index in [2.05, 4.69) is 10.4 Å². The lowest BCUT2D eigenvalue weighted by molar-refractivity contribution is -0.121. The summed E-state index contributed by atoms with van der Waals surface area (Å²) in [7, 11) is 1.38. The van der Waals surface area contributed by atoms with Crippen LogP contribution in [0.4, 0.5) is 0 Å². The Kier molecular flexibility index (Phi) is 4.31. The summed E-state index contributed by atoms with van der Waals surface area (Å²) in [4.78, 5) is 11.1. The zero-order chi connectivity index (χ0) is 12.2. The maximum absolute atomic E-state index is 11.1. The lowest BCUT2D eigenvalue weighted by atomic mass is 10.4. The molecule has 0 spiro atoms. The molecule has 0 aromatic carbocycles. The predicted octanol–water partition coefficient (Wildman–Crippen LogP) is 0.337. The highest BCUT2D eigenvalue weighted by atomic mass is 35.7. The third-order valence-electron chi connectivity index (χ3n) is 1.83. The van der Waals surface area contributed by atoms with Gasteiger partial charge in [0.2, 0.25) is 5.91 Å². The highest BCUT2D eigenvalue weighted by Crippen LogP contribution is 2.12. The SMILES string of the molecule is CCNC(=O)CCn1cc(S(=O)(=O)Cl)cn1. The number of nitrogens with one attached hydrogen (secondary N) is 1. The van der Waals surface area contributed by atoms with Crippen molar-refractivity contribution >= 4 is 25.6 Å². The lowest BCUT2D eigenvalue weighted by Gasteiger charge is -2.01. The van der Waals surface area contributed by atoms with E-state index in [0.717, 1.165) is 6.20 Å². The van der Waals surface area contributed by atoms with Gasteiger partial charge in [0.1, 0.15) is 4.90 Å². The van der Waals surface area contributed by atoms with Gasteiger partial charge < -0.3 is 5.32 Å².